The number of nitrogens with two attached hydrogens (primary N) is 1. The van der Waals surface area contributed by atoms with E-state index in [4.69, 9.17) is 29.0 Å². The number of aromatic nitrogens is 1. The molecule has 2 heterocycles. The van der Waals surface area contributed by atoms with Crippen LogP contribution in [0.5, 0.6) is 0 Å². The molecular weight excluding hydrogens is 607 g/mol. The van der Waals surface area contributed by atoms with E-state index in [-0.39, 0.29) is 11.4 Å². The van der Waals surface area contributed by atoms with Crippen LogP contribution in [0.4, 0.5) is 0 Å². The SMILES string of the molecule is C=C(S)N(C)/C(=N\N)C(O)(c1ccc(Cl)cc1)c1cc2c3c(c1)c(-c1cccc(Cl)c1)c(Br)c(=O)n3CC2. The van der Waals surface area contributed by atoms with Gasteiger partial charge >= 0.3 is 0 Å². The van der Waals surface area contributed by atoms with E-state index in [0.29, 0.717) is 49.2 Å². The fraction of sp³-hybridized carbons (Fsp3) is 0.143. The van der Waals surface area contributed by atoms with Crippen LogP contribution in [0.2, 0.25) is 10.0 Å². The molecule has 4 aromatic rings. The van der Waals surface area contributed by atoms with Crippen molar-refractivity contribution in [3.05, 3.63) is 114 Å². The normalized spacial score (nSPS) is 14.5. The predicted molar refractivity (Wildman–Crippen MR) is 162 cm³/mol. The van der Waals surface area contributed by atoms with Crippen molar-refractivity contribution in [2.75, 3.05) is 7.05 Å². The second-order valence-electron chi connectivity index (χ2n) is 9.08. The number of thiol groups is 1. The molecule has 3 aromatic carbocycles. The number of halogens is 3. The Morgan fingerprint density at radius 3 is 2.50 bits per heavy atom. The monoisotopic (exact) mass is 628 g/mol. The van der Waals surface area contributed by atoms with Crippen LogP contribution in [-0.4, -0.2) is 27.5 Å². The zero-order valence-electron chi connectivity index (χ0n) is 20.3. The van der Waals surface area contributed by atoms with Crippen LogP contribution >= 0.6 is 51.8 Å². The molecule has 0 aliphatic carbocycles. The second kappa shape index (κ2) is 10.1. The maximum atomic E-state index is 13.3. The summed E-state index contributed by atoms with van der Waals surface area (Å²) in [5, 5.41) is 18.7. The average Bonchev–Trinajstić information content (AvgIpc) is 3.32. The number of aliphatic hydroxyl groups is 1. The van der Waals surface area contributed by atoms with Gasteiger partial charge in [0, 0.05) is 34.6 Å². The highest BCUT2D eigenvalue weighted by atomic mass is 79.9. The number of rotatable bonds is 5. The topological polar surface area (TPSA) is 83.8 Å². The molecule has 1 aliphatic rings. The first-order valence-electron chi connectivity index (χ1n) is 11.6. The van der Waals surface area contributed by atoms with Crippen LogP contribution in [0.3, 0.4) is 0 Å². The van der Waals surface area contributed by atoms with Crippen LogP contribution in [0.1, 0.15) is 16.7 Å². The lowest BCUT2D eigenvalue weighted by atomic mass is 9.82. The van der Waals surface area contributed by atoms with Gasteiger partial charge in [-0.15, -0.1) is 12.6 Å². The Kier molecular flexibility index (Phi) is 7.13. The van der Waals surface area contributed by atoms with E-state index in [1.807, 2.05) is 30.3 Å². The maximum absolute atomic E-state index is 13.3. The summed E-state index contributed by atoms with van der Waals surface area (Å²) in [4.78, 5) is 14.9. The van der Waals surface area contributed by atoms with Crippen molar-refractivity contribution in [2.24, 2.45) is 10.9 Å². The fourth-order valence-corrected chi connectivity index (χ4v) is 6.15. The molecule has 1 unspecified atom stereocenters. The highest BCUT2D eigenvalue weighted by molar-refractivity contribution is 9.10. The zero-order valence-corrected chi connectivity index (χ0v) is 24.2. The van der Waals surface area contributed by atoms with E-state index in [2.05, 4.69) is 40.2 Å². The van der Waals surface area contributed by atoms with Gasteiger partial charge in [0.25, 0.3) is 5.56 Å². The van der Waals surface area contributed by atoms with E-state index in [0.717, 1.165) is 22.0 Å². The largest absolute Gasteiger partial charge is 0.373 e. The van der Waals surface area contributed by atoms with Gasteiger partial charge < -0.3 is 20.4 Å². The van der Waals surface area contributed by atoms with E-state index < -0.39 is 5.60 Å². The molecular formula is C28H23BrCl2N4O2S. The van der Waals surface area contributed by atoms with Crippen molar-refractivity contribution in [3.63, 3.8) is 0 Å². The van der Waals surface area contributed by atoms with E-state index in [1.54, 1.807) is 41.9 Å². The van der Waals surface area contributed by atoms with Crippen molar-refractivity contribution in [1.82, 2.24) is 9.47 Å². The molecule has 0 fully saturated rings. The summed E-state index contributed by atoms with van der Waals surface area (Å²) in [7, 11) is 1.67. The van der Waals surface area contributed by atoms with Crippen molar-refractivity contribution in [2.45, 2.75) is 18.6 Å². The average molecular weight is 630 g/mol. The minimum absolute atomic E-state index is 0.112. The number of hydrazone groups is 1. The third kappa shape index (κ3) is 4.25. The first-order valence-corrected chi connectivity index (χ1v) is 13.6. The Balaban J connectivity index is 1.90. The molecule has 0 saturated carbocycles. The van der Waals surface area contributed by atoms with Crippen molar-refractivity contribution >= 4 is 68.5 Å². The van der Waals surface area contributed by atoms with Crippen LogP contribution in [-0.2, 0) is 18.6 Å². The fourth-order valence-electron chi connectivity index (χ4n) is 5.08. The summed E-state index contributed by atoms with van der Waals surface area (Å²) in [5.41, 5.74) is 2.26. The minimum Gasteiger partial charge on any atom is -0.373 e. The smallest absolute Gasteiger partial charge is 0.266 e. The highest BCUT2D eigenvalue weighted by Crippen LogP contribution is 2.42. The lowest BCUT2D eigenvalue weighted by molar-refractivity contribution is 0.144. The quantitative estimate of drug-likeness (QED) is 0.0815. The van der Waals surface area contributed by atoms with Gasteiger partial charge in [-0.3, -0.25) is 4.79 Å². The summed E-state index contributed by atoms with van der Waals surface area (Å²) in [6.45, 7) is 4.40. The molecule has 194 valence electrons. The van der Waals surface area contributed by atoms with Crippen LogP contribution in [0.15, 0.2) is 86.6 Å². The van der Waals surface area contributed by atoms with E-state index >= 15 is 0 Å². The van der Waals surface area contributed by atoms with Gasteiger partial charge in [-0.2, -0.15) is 5.10 Å². The number of hydrogen-bond donors (Lipinski definition) is 3. The van der Waals surface area contributed by atoms with Gasteiger partial charge in [0.15, 0.2) is 11.4 Å². The Morgan fingerprint density at radius 2 is 1.87 bits per heavy atom. The van der Waals surface area contributed by atoms with Crippen LogP contribution in [0.25, 0.3) is 22.0 Å². The number of pyridine rings is 1. The Morgan fingerprint density at radius 1 is 1.16 bits per heavy atom. The van der Waals surface area contributed by atoms with Gasteiger partial charge in [0.1, 0.15) is 0 Å². The molecule has 0 spiro atoms. The number of nitrogens with zero attached hydrogens (tertiary/aromatic N) is 3. The molecule has 6 nitrogen and oxygen atoms in total. The molecule has 1 aliphatic heterocycles. The Labute approximate surface area is 243 Å². The number of amidine groups is 1. The van der Waals surface area contributed by atoms with Gasteiger partial charge in [0.2, 0.25) is 0 Å². The molecule has 0 saturated heterocycles. The van der Waals surface area contributed by atoms with Gasteiger partial charge in [-0.05, 0) is 81.0 Å². The Hall–Kier alpha value is -2.75. The zero-order chi connectivity index (χ0) is 27.4. The first-order chi connectivity index (χ1) is 18.1. The van der Waals surface area contributed by atoms with E-state index in [1.165, 1.54) is 4.90 Å². The summed E-state index contributed by atoms with van der Waals surface area (Å²) >= 11 is 20.4. The molecule has 1 atom stereocenters. The third-order valence-corrected chi connectivity index (χ3v) is 8.45. The second-order valence-corrected chi connectivity index (χ2v) is 11.3. The molecule has 38 heavy (non-hydrogen) atoms. The Bertz CT molecular complexity index is 1700. The highest BCUT2D eigenvalue weighted by Gasteiger charge is 2.42. The first kappa shape index (κ1) is 26.8. The number of aryl methyl sites for hydroxylation is 2. The summed E-state index contributed by atoms with van der Waals surface area (Å²) in [6, 6.07) is 17.9. The molecule has 3 N–H and O–H groups in total. The van der Waals surface area contributed by atoms with Gasteiger partial charge in [0.05, 0.1) is 15.0 Å². The lowest BCUT2D eigenvalue weighted by Gasteiger charge is -2.35. The number of likely N-dealkylation sites (N-methyl/N-ethyl adjacent to an activating group) is 1. The minimum atomic E-state index is -1.81. The number of benzene rings is 3. The lowest BCUT2D eigenvalue weighted by Crippen LogP contribution is -2.46. The third-order valence-electron chi connectivity index (χ3n) is 6.93. The van der Waals surface area contributed by atoms with Crippen molar-refractivity contribution in [1.29, 1.82) is 0 Å². The van der Waals surface area contributed by atoms with Crippen molar-refractivity contribution < 1.29 is 5.11 Å². The molecule has 0 radical (unpaired) electrons. The van der Waals surface area contributed by atoms with Gasteiger partial charge in [-0.1, -0.05) is 54.0 Å². The molecule has 0 amide bonds. The molecule has 0 bridgehead atoms. The van der Waals surface area contributed by atoms with Gasteiger partial charge in [-0.25, -0.2) is 0 Å². The van der Waals surface area contributed by atoms with Crippen molar-refractivity contribution in [3.8, 4) is 11.1 Å². The summed E-state index contributed by atoms with van der Waals surface area (Å²) in [6.07, 6.45) is 0.617. The van der Waals surface area contributed by atoms with Crippen LogP contribution < -0.4 is 11.4 Å². The summed E-state index contributed by atoms with van der Waals surface area (Å²) in [5.74, 6) is 6.01. The molecule has 10 heteroatoms. The maximum Gasteiger partial charge on any atom is 0.266 e. The van der Waals surface area contributed by atoms with Crippen LogP contribution in [0, 0.1) is 0 Å². The molecule has 1 aromatic heterocycles. The summed E-state index contributed by atoms with van der Waals surface area (Å²) < 4.78 is 2.17. The van der Waals surface area contributed by atoms with E-state index in [9.17, 15) is 9.90 Å². The predicted octanol–water partition coefficient (Wildman–Crippen LogP) is 6.13. The number of hydrogen-bond acceptors (Lipinski definition) is 5. The molecule has 5 rings (SSSR count). The standard InChI is InChI=1S/C28H23BrCl2N4O2S/c1-15(38)34(2)27(33-32)28(37,18-6-8-20(30)9-7-18)19-12-17-10-11-35-25(17)22(14-19)23(24(29)26(35)36)16-4-3-5-21(31)13-16/h3-9,12-14,37-38H,1,10-11,32H2,2H3/b33-27-.